The fraction of sp³-hybridized carbons (Fsp3) is 0.857. The van der Waals surface area contributed by atoms with Gasteiger partial charge in [0.05, 0.1) is 5.92 Å². The molecule has 7 heteroatoms. The summed E-state index contributed by atoms with van der Waals surface area (Å²) in [5.74, 6) is -1.46. The third-order valence-corrected chi connectivity index (χ3v) is 2.14. The fourth-order valence-electron chi connectivity index (χ4n) is 1.48. The van der Waals surface area contributed by atoms with Crippen LogP contribution in [0.2, 0.25) is 0 Å². The zero-order chi connectivity index (χ0) is 10.8. The van der Waals surface area contributed by atoms with Gasteiger partial charge in [0.25, 0.3) is 0 Å². The van der Waals surface area contributed by atoms with Crippen LogP contribution in [0.3, 0.4) is 0 Å². The van der Waals surface area contributed by atoms with E-state index < -0.39 is 24.2 Å². The number of rotatable bonds is 1. The molecule has 1 fully saturated rings. The van der Waals surface area contributed by atoms with Gasteiger partial charge in [0, 0.05) is 19.1 Å². The molecular formula is C7H11F3N2O2. The molecule has 1 rings (SSSR count). The number of alkyl halides is 3. The highest BCUT2D eigenvalue weighted by atomic mass is 19.4. The maximum Gasteiger partial charge on any atom is 0.404 e. The zero-order valence-corrected chi connectivity index (χ0v) is 7.27. The highest BCUT2D eigenvalue weighted by Gasteiger charge is 2.42. The number of hydrogen-bond donors (Lipinski definition) is 3. The first-order valence-electron chi connectivity index (χ1n) is 4.16. The molecule has 14 heavy (non-hydrogen) atoms. The molecule has 0 aromatic heterocycles. The van der Waals surface area contributed by atoms with E-state index in [2.05, 4.69) is 5.32 Å². The van der Waals surface area contributed by atoms with Crippen molar-refractivity contribution in [2.24, 2.45) is 5.92 Å². The Bertz CT molecular complexity index is 219. The number of piperidine rings is 1. The predicted molar refractivity (Wildman–Crippen MR) is 42.0 cm³/mol. The lowest BCUT2D eigenvalue weighted by atomic mass is 9.95. The first kappa shape index (κ1) is 11.1. The van der Waals surface area contributed by atoms with Gasteiger partial charge in [0.2, 0.25) is 0 Å². The summed E-state index contributed by atoms with van der Waals surface area (Å²) in [4.78, 5) is 10.2. The molecule has 1 saturated heterocycles. The van der Waals surface area contributed by atoms with Gasteiger partial charge in [0.1, 0.15) is 0 Å². The number of carbonyl (C=O) groups is 1. The first-order chi connectivity index (χ1) is 6.39. The Morgan fingerprint density at radius 3 is 2.57 bits per heavy atom. The summed E-state index contributed by atoms with van der Waals surface area (Å²) < 4.78 is 36.7. The number of hydrogen-bond acceptors (Lipinski definition) is 2. The van der Waals surface area contributed by atoms with Gasteiger partial charge in [0.15, 0.2) is 0 Å². The third-order valence-electron chi connectivity index (χ3n) is 2.14. The van der Waals surface area contributed by atoms with Crippen molar-refractivity contribution in [2.45, 2.75) is 18.6 Å². The lowest BCUT2D eigenvalue weighted by molar-refractivity contribution is -0.179. The van der Waals surface area contributed by atoms with Gasteiger partial charge in [-0.3, -0.25) is 0 Å². The predicted octanol–water partition coefficient (Wildman–Crippen LogP) is 0.794. The van der Waals surface area contributed by atoms with Gasteiger partial charge in [-0.25, -0.2) is 4.79 Å². The minimum Gasteiger partial charge on any atom is -0.465 e. The average molecular weight is 212 g/mol. The van der Waals surface area contributed by atoms with Crippen LogP contribution in [0.1, 0.15) is 6.42 Å². The summed E-state index contributed by atoms with van der Waals surface area (Å²) >= 11 is 0. The molecule has 0 saturated carbocycles. The fourth-order valence-corrected chi connectivity index (χ4v) is 1.48. The molecule has 3 N–H and O–H groups in total. The monoisotopic (exact) mass is 212 g/mol. The van der Waals surface area contributed by atoms with Crippen molar-refractivity contribution in [3.05, 3.63) is 0 Å². The number of amides is 1. The normalized spacial score (nSPS) is 28.5. The maximum absolute atomic E-state index is 12.2. The van der Waals surface area contributed by atoms with Crippen LogP contribution in [0.15, 0.2) is 0 Å². The smallest absolute Gasteiger partial charge is 0.404 e. The van der Waals surface area contributed by atoms with Crippen molar-refractivity contribution < 1.29 is 23.1 Å². The molecular weight excluding hydrogens is 201 g/mol. The Kier molecular flexibility index (Phi) is 3.20. The van der Waals surface area contributed by atoms with Crippen molar-refractivity contribution in [2.75, 3.05) is 13.1 Å². The molecule has 1 aliphatic rings. The second-order valence-corrected chi connectivity index (χ2v) is 3.28. The van der Waals surface area contributed by atoms with Crippen LogP contribution in [-0.4, -0.2) is 36.5 Å². The van der Waals surface area contributed by atoms with Crippen molar-refractivity contribution >= 4 is 6.09 Å². The van der Waals surface area contributed by atoms with E-state index in [0.29, 0.717) is 0 Å². The van der Waals surface area contributed by atoms with Crippen molar-refractivity contribution in [3.8, 4) is 0 Å². The maximum atomic E-state index is 12.2. The highest BCUT2D eigenvalue weighted by molar-refractivity contribution is 5.64. The molecule has 0 spiro atoms. The zero-order valence-electron chi connectivity index (χ0n) is 7.27. The molecule has 0 radical (unpaired) electrons. The molecule has 1 amide bonds. The van der Waals surface area contributed by atoms with E-state index in [9.17, 15) is 18.0 Å². The van der Waals surface area contributed by atoms with Gasteiger partial charge < -0.3 is 15.7 Å². The third kappa shape index (κ3) is 3.06. The molecule has 0 aliphatic carbocycles. The molecule has 82 valence electrons. The van der Waals surface area contributed by atoms with Gasteiger partial charge in [-0.05, 0) is 6.42 Å². The number of carboxylic acid groups (broad SMARTS) is 1. The van der Waals surface area contributed by atoms with Gasteiger partial charge >= 0.3 is 12.3 Å². The molecule has 1 heterocycles. The number of nitrogens with one attached hydrogen (secondary N) is 2. The summed E-state index contributed by atoms with van der Waals surface area (Å²) in [5, 5.41) is 12.9. The van der Waals surface area contributed by atoms with Crippen LogP contribution in [0, 0.1) is 5.92 Å². The van der Waals surface area contributed by atoms with Gasteiger partial charge in [-0.1, -0.05) is 0 Å². The van der Waals surface area contributed by atoms with Crippen LogP contribution >= 0.6 is 0 Å². The molecule has 0 aromatic carbocycles. The average Bonchev–Trinajstić information content (AvgIpc) is 2.01. The molecule has 2 unspecified atom stereocenters. The molecule has 0 aromatic rings. The summed E-state index contributed by atoms with van der Waals surface area (Å²) in [7, 11) is 0. The second-order valence-electron chi connectivity index (χ2n) is 3.28. The van der Waals surface area contributed by atoms with E-state index in [0.717, 1.165) is 0 Å². The largest absolute Gasteiger partial charge is 0.465 e. The lowest BCUT2D eigenvalue weighted by Crippen LogP contribution is -2.51. The van der Waals surface area contributed by atoms with Gasteiger partial charge in [-0.2, -0.15) is 13.2 Å². The lowest BCUT2D eigenvalue weighted by Gasteiger charge is -2.30. The topological polar surface area (TPSA) is 61.4 Å². The molecule has 1 aliphatic heterocycles. The Morgan fingerprint density at radius 2 is 2.07 bits per heavy atom. The second kappa shape index (κ2) is 4.04. The van der Waals surface area contributed by atoms with Crippen LogP contribution in [0.4, 0.5) is 18.0 Å². The summed E-state index contributed by atoms with van der Waals surface area (Å²) in [6, 6.07) is -0.659. The summed E-state index contributed by atoms with van der Waals surface area (Å²) in [6.07, 6.45) is -5.74. The van der Waals surface area contributed by atoms with Crippen molar-refractivity contribution in [1.82, 2.24) is 10.6 Å². The Labute approximate surface area is 78.5 Å². The first-order valence-corrected chi connectivity index (χ1v) is 4.16. The van der Waals surface area contributed by atoms with Crippen molar-refractivity contribution in [3.63, 3.8) is 0 Å². The van der Waals surface area contributed by atoms with Crippen LogP contribution in [0.25, 0.3) is 0 Å². The molecule has 2 atom stereocenters. The highest BCUT2D eigenvalue weighted by Crippen LogP contribution is 2.30. The Hall–Kier alpha value is -0.980. The number of halogens is 3. The van der Waals surface area contributed by atoms with Gasteiger partial charge in [-0.15, -0.1) is 0 Å². The summed E-state index contributed by atoms with van der Waals surface area (Å²) in [6.45, 7) is 0.111. The van der Waals surface area contributed by atoms with E-state index >= 15 is 0 Å². The standard InChI is InChI=1S/C7H11F3N2O2/c8-7(9,10)4-1-5(3-11-2-4)12-6(13)14/h4-5,11-12H,1-3H2,(H,13,14). The minimum atomic E-state index is -4.26. The molecule has 4 nitrogen and oxygen atoms in total. The van der Waals surface area contributed by atoms with Crippen LogP contribution < -0.4 is 10.6 Å². The van der Waals surface area contributed by atoms with E-state index in [-0.39, 0.29) is 19.5 Å². The van der Waals surface area contributed by atoms with Crippen LogP contribution in [0.5, 0.6) is 0 Å². The minimum absolute atomic E-state index is 0.138. The van der Waals surface area contributed by atoms with E-state index in [4.69, 9.17) is 5.11 Å². The van der Waals surface area contributed by atoms with Crippen molar-refractivity contribution in [1.29, 1.82) is 0 Å². The quantitative estimate of drug-likeness (QED) is 0.602. The summed E-state index contributed by atoms with van der Waals surface area (Å²) in [5.41, 5.74) is 0. The van der Waals surface area contributed by atoms with Crippen LogP contribution in [-0.2, 0) is 0 Å². The Morgan fingerprint density at radius 1 is 1.43 bits per heavy atom. The van der Waals surface area contributed by atoms with E-state index in [1.165, 1.54) is 0 Å². The molecule has 0 bridgehead atoms. The van der Waals surface area contributed by atoms with E-state index in [1.807, 2.05) is 5.32 Å². The SMILES string of the molecule is O=C(O)NC1CNCC(C(F)(F)F)C1. The van der Waals surface area contributed by atoms with E-state index in [1.54, 1.807) is 0 Å². The Balaban J connectivity index is 2.48.